The summed E-state index contributed by atoms with van der Waals surface area (Å²) < 4.78 is 13.3. The van der Waals surface area contributed by atoms with E-state index in [9.17, 15) is 9.35 Å². The molecule has 2 heterocycles. The number of fused-ring (bicyclic) bond motifs is 1. The van der Waals surface area contributed by atoms with Gasteiger partial charge in [-0.3, -0.25) is 0 Å². The summed E-state index contributed by atoms with van der Waals surface area (Å²) in [6.07, 6.45) is 1.59. The molecule has 0 amide bonds. The van der Waals surface area contributed by atoms with Crippen molar-refractivity contribution in [3.05, 3.63) is 52.4 Å². The average molecular weight is 364 g/mol. The molecule has 3 rings (SSSR count). The van der Waals surface area contributed by atoms with Gasteiger partial charge in [0.05, 0.1) is 11.6 Å². The van der Waals surface area contributed by atoms with Crippen LogP contribution in [0.4, 0.5) is 0 Å². The molecule has 2 aromatic heterocycles. The van der Waals surface area contributed by atoms with Crippen LogP contribution in [0.15, 0.2) is 35.2 Å². The molecule has 1 unspecified atom stereocenters. The zero-order valence-corrected chi connectivity index (χ0v) is 14.6. The minimum Gasteiger partial charge on any atom is -0.612 e. The summed E-state index contributed by atoms with van der Waals surface area (Å²) in [7, 11) is 0. The van der Waals surface area contributed by atoms with Gasteiger partial charge in [0.25, 0.3) is 0 Å². The molecule has 0 aliphatic heterocycles. The van der Waals surface area contributed by atoms with Gasteiger partial charge in [0.1, 0.15) is 17.6 Å². The van der Waals surface area contributed by atoms with E-state index in [1.807, 2.05) is 17.6 Å². The third-order valence-electron chi connectivity index (χ3n) is 3.69. The third kappa shape index (κ3) is 3.10. The van der Waals surface area contributed by atoms with Gasteiger partial charge >= 0.3 is 5.97 Å². The molecule has 0 aliphatic carbocycles. The number of pyridine rings is 1. The SMILES string of the molecule is Cc1nc2ccc(C(=O)O)nc2n1Cc1ccc([S+](C)[O-])cc1Cl. The van der Waals surface area contributed by atoms with Gasteiger partial charge in [-0.25, -0.2) is 14.8 Å². The fraction of sp³-hybridized carbons (Fsp3) is 0.188. The van der Waals surface area contributed by atoms with Gasteiger partial charge in [0.15, 0.2) is 16.2 Å². The molecule has 24 heavy (non-hydrogen) atoms. The molecule has 1 N–H and O–H groups in total. The Bertz CT molecular complexity index is 940. The molecular weight excluding hydrogens is 350 g/mol. The van der Waals surface area contributed by atoms with Crippen LogP contribution >= 0.6 is 11.6 Å². The molecule has 6 nitrogen and oxygen atoms in total. The van der Waals surface area contributed by atoms with Crippen LogP contribution in [-0.2, 0) is 17.7 Å². The first kappa shape index (κ1) is 16.8. The molecule has 0 bridgehead atoms. The maximum atomic E-state index is 11.5. The highest BCUT2D eigenvalue weighted by Crippen LogP contribution is 2.24. The van der Waals surface area contributed by atoms with Crippen molar-refractivity contribution < 1.29 is 14.5 Å². The number of hydrogen-bond donors (Lipinski definition) is 1. The van der Waals surface area contributed by atoms with E-state index in [0.717, 1.165) is 5.56 Å². The summed E-state index contributed by atoms with van der Waals surface area (Å²) in [5.74, 6) is -0.380. The van der Waals surface area contributed by atoms with Crippen molar-refractivity contribution in [3.63, 3.8) is 0 Å². The van der Waals surface area contributed by atoms with E-state index in [4.69, 9.17) is 16.7 Å². The van der Waals surface area contributed by atoms with Crippen molar-refractivity contribution in [1.29, 1.82) is 0 Å². The lowest BCUT2D eigenvalue weighted by Crippen LogP contribution is -2.07. The van der Waals surface area contributed by atoms with E-state index < -0.39 is 17.1 Å². The number of benzene rings is 1. The first-order valence-corrected chi connectivity index (χ1v) is 8.99. The predicted molar refractivity (Wildman–Crippen MR) is 92.1 cm³/mol. The first-order valence-electron chi connectivity index (χ1n) is 7.06. The van der Waals surface area contributed by atoms with Gasteiger partial charge in [-0.1, -0.05) is 17.7 Å². The molecule has 1 aromatic carbocycles. The minimum absolute atomic E-state index is 0.0357. The van der Waals surface area contributed by atoms with E-state index in [2.05, 4.69) is 9.97 Å². The number of aromatic carboxylic acids is 1. The quantitative estimate of drug-likeness (QED) is 0.719. The van der Waals surface area contributed by atoms with Crippen LogP contribution in [0.5, 0.6) is 0 Å². The molecule has 0 aliphatic rings. The lowest BCUT2D eigenvalue weighted by Gasteiger charge is -2.10. The Morgan fingerprint density at radius 3 is 2.71 bits per heavy atom. The Balaban J connectivity index is 2.05. The highest BCUT2D eigenvalue weighted by molar-refractivity contribution is 7.90. The Hall–Kier alpha value is -2.09. The second kappa shape index (κ2) is 6.43. The number of aromatic nitrogens is 3. The van der Waals surface area contributed by atoms with E-state index in [1.54, 1.807) is 24.5 Å². The van der Waals surface area contributed by atoms with E-state index in [0.29, 0.717) is 33.5 Å². The van der Waals surface area contributed by atoms with Crippen LogP contribution in [0.1, 0.15) is 21.9 Å². The number of rotatable bonds is 4. The number of hydrogen-bond acceptors (Lipinski definition) is 4. The first-order chi connectivity index (χ1) is 11.4. The smallest absolute Gasteiger partial charge is 0.354 e. The maximum absolute atomic E-state index is 11.5. The van der Waals surface area contributed by atoms with Gasteiger partial charge < -0.3 is 14.2 Å². The van der Waals surface area contributed by atoms with Gasteiger partial charge in [-0.15, -0.1) is 0 Å². The molecule has 0 radical (unpaired) electrons. The van der Waals surface area contributed by atoms with Gasteiger partial charge in [0, 0.05) is 6.07 Å². The topological polar surface area (TPSA) is 91.1 Å². The number of nitrogens with zero attached hydrogens (tertiary/aromatic N) is 3. The molecule has 0 spiro atoms. The van der Waals surface area contributed by atoms with Crippen LogP contribution in [0.25, 0.3) is 11.2 Å². The van der Waals surface area contributed by atoms with Crippen LogP contribution < -0.4 is 0 Å². The highest BCUT2D eigenvalue weighted by atomic mass is 35.5. The summed E-state index contributed by atoms with van der Waals surface area (Å²) in [6, 6.07) is 8.32. The molecule has 0 fully saturated rings. The Morgan fingerprint density at radius 1 is 1.33 bits per heavy atom. The van der Waals surface area contributed by atoms with Crippen molar-refractivity contribution in [2.45, 2.75) is 18.4 Å². The summed E-state index contributed by atoms with van der Waals surface area (Å²) >= 11 is 5.19. The number of halogens is 1. The van der Waals surface area contributed by atoms with Gasteiger partial charge in [0.2, 0.25) is 0 Å². The van der Waals surface area contributed by atoms with Crippen molar-refractivity contribution in [3.8, 4) is 0 Å². The summed E-state index contributed by atoms with van der Waals surface area (Å²) in [5.41, 5.74) is 1.90. The minimum atomic E-state index is -1.10. The molecule has 1 atom stereocenters. The Morgan fingerprint density at radius 2 is 2.08 bits per heavy atom. The van der Waals surface area contributed by atoms with Crippen LogP contribution in [0.3, 0.4) is 0 Å². The van der Waals surface area contributed by atoms with Crippen molar-refractivity contribution >= 4 is 39.9 Å². The number of imidazole rings is 1. The summed E-state index contributed by atoms with van der Waals surface area (Å²) in [5, 5.41) is 9.61. The zero-order valence-electron chi connectivity index (χ0n) is 13.0. The fourth-order valence-corrected chi connectivity index (χ4v) is 3.28. The van der Waals surface area contributed by atoms with Crippen LogP contribution in [0, 0.1) is 6.92 Å². The van der Waals surface area contributed by atoms with Crippen LogP contribution in [0.2, 0.25) is 5.02 Å². The highest BCUT2D eigenvalue weighted by Gasteiger charge is 2.15. The monoisotopic (exact) mass is 363 g/mol. The number of carboxylic acids is 1. The number of aryl methyl sites for hydroxylation is 1. The predicted octanol–water partition coefficient (Wildman–Crippen LogP) is 2.88. The average Bonchev–Trinajstić information content (AvgIpc) is 2.84. The number of carbonyl (C=O) groups is 1. The largest absolute Gasteiger partial charge is 0.612 e. The Kier molecular flexibility index (Phi) is 4.49. The standard InChI is InChI=1S/C16H14ClN3O3S/c1-9-18-13-5-6-14(16(21)22)19-15(13)20(9)8-10-3-4-11(24(2)23)7-12(10)17/h3-7H,8H2,1-2H3,(H,21,22). The van der Waals surface area contributed by atoms with Gasteiger partial charge in [-0.2, -0.15) is 0 Å². The fourth-order valence-electron chi connectivity index (χ4n) is 2.43. The second-order valence-electron chi connectivity index (χ2n) is 5.30. The Labute approximate surface area is 146 Å². The third-order valence-corrected chi connectivity index (χ3v) is 4.96. The van der Waals surface area contributed by atoms with Gasteiger partial charge in [-0.05, 0) is 41.9 Å². The van der Waals surface area contributed by atoms with Crippen molar-refractivity contribution in [2.75, 3.05) is 6.26 Å². The molecule has 124 valence electrons. The lowest BCUT2D eigenvalue weighted by molar-refractivity contribution is 0.0691. The second-order valence-corrected chi connectivity index (χ2v) is 7.08. The van der Waals surface area contributed by atoms with Crippen molar-refractivity contribution in [2.24, 2.45) is 0 Å². The summed E-state index contributed by atoms with van der Waals surface area (Å²) in [6.45, 7) is 2.22. The van der Waals surface area contributed by atoms with Crippen molar-refractivity contribution in [1.82, 2.24) is 14.5 Å². The summed E-state index contributed by atoms with van der Waals surface area (Å²) in [4.78, 5) is 20.4. The maximum Gasteiger partial charge on any atom is 0.354 e. The molecular formula is C16H14ClN3O3S. The molecule has 3 aromatic rings. The normalized spacial score (nSPS) is 12.5. The number of carboxylic acid groups (broad SMARTS) is 1. The molecule has 0 saturated carbocycles. The van der Waals surface area contributed by atoms with E-state index in [-0.39, 0.29) is 5.69 Å². The van der Waals surface area contributed by atoms with Crippen LogP contribution in [-0.4, -0.2) is 36.4 Å². The molecule has 0 saturated heterocycles. The molecule has 8 heteroatoms. The van der Waals surface area contributed by atoms with E-state index in [1.165, 1.54) is 6.07 Å². The lowest BCUT2D eigenvalue weighted by atomic mass is 10.2. The zero-order chi connectivity index (χ0) is 17.4. The van der Waals surface area contributed by atoms with E-state index >= 15 is 0 Å².